The van der Waals surface area contributed by atoms with Gasteiger partial charge in [0.15, 0.2) is 0 Å². The lowest BCUT2D eigenvalue weighted by Gasteiger charge is -2.34. The minimum absolute atomic E-state index is 0.0474. The van der Waals surface area contributed by atoms with E-state index in [0.29, 0.717) is 19.2 Å². The van der Waals surface area contributed by atoms with Crippen LogP contribution >= 0.6 is 0 Å². The van der Waals surface area contributed by atoms with Gasteiger partial charge in [-0.2, -0.15) is 0 Å². The van der Waals surface area contributed by atoms with E-state index in [1.165, 1.54) is 19.3 Å². The van der Waals surface area contributed by atoms with E-state index in [-0.39, 0.29) is 5.97 Å². The first-order valence-electron chi connectivity index (χ1n) is 6.67. The fourth-order valence-electron chi connectivity index (χ4n) is 2.27. The van der Waals surface area contributed by atoms with Crippen LogP contribution in [0.15, 0.2) is 0 Å². The largest absolute Gasteiger partial charge is 0.465 e. The van der Waals surface area contributed by atoms with E-state index in [4.69, 9.17) is 4.74 Å². The minimum Gasteiger partial charge on any atom is -0.465 e. The molecule has 0 amide bonds. The Morgan fingerprint density at radius 1 is 1.38 bits per heavy atom. The molecule has 0 bridgehead atoms. The lowest BCUT2D eigenvalue weighted by atomic mass is 10.0. The molecule has 1 aliphatic rings. The van der Waals surface area contributed by atoms with Gasteiger partial charge in [0, 0.05) is 6.04 Å². The third kappa shape index (κ3) is 4.52. The van der Waals surface area contributed by atoms with Crippen LogP contribution < -0.4 is 0 Å². The molecule has 1 unspecified atom stereocenters. The molecule has 1 saturated heterocycles. The van der Waals surface area contributed by atoms with Crippen molar-refractivity contribution in [2.75, 3.05) is 19.7 Å². The number of carbonyl (C=O) groups is 1. The Labute approximate surface area is 99.1 Å². The summed E-state index contributed by atoms with van der Waals surface area (Å²) in [6, 6.07) is 0.590. The second kappa shape index (κ2) is 7.66. The van der Waals surface area contributed by atoms with E-state index in [0.717, 1.165) is 25.8 Å². The molecular formula is C13H25NO2. The molecule has 16 heavy (non-hydrogen) atoms. The monoisotopic (exact) mass is 227 g/mol. The number of nitrogens with zero attached hydrogens (tertiary/aromatic N) is 1. The van der Waals surface area contributed by atoms with E-state index >= 15 is 0 Å². The van der Waals surface area contributed by atoms with Crippen LogP contribution in [0, 0.1) is 0 Å². The zero-order valence-corrected chi connectivity index (χ0v) is 10.7. The van der Waals surface area contributed by atoms with Gasteiger partial charge in [-0.1, -0.05) is 26.7 Å². The number of carbonyl (C=O) groups excluding carboxylic acids is 1. The van der Waals surface area contributed by atoms with Gasteiger partial charge >= 0.3 is 5.97 Å². The van der Waals surface area contributed by atoms with Gasteiger partial charge in [0.1, 0.15) is 0 Å². The Bertz CT molecular complexity index is 206. The molecule has 0 aromatic rings. The van der Waals surface area contributed by atoms with Gasteiger partial charge in [-0.15, -0.1) is 0 Å². The van der Waals surface area contributed by atoms with Crippen LogP contribution in [0.2, 0.25) is 0 Å². The smallest absolute Gasteiger partial charge is 0.320 e. The quantitative estimate of drug-likeness (QED) is 0.516. The first-order chi connectivity index (χ1) is 7.77. The molecule has 1 heterocycles. The Kier molecular flexibility index (Phi) is 6.46. The highest BCUT2D eigenvalue weighted by Gasteiger charge is 2.22. The van der Waals surface area contributed by atoms with E-state index < -0.39 is 0 Å². The van der Waals surface area contributed by atoms with Crippen LogP contribution in [-0.2, 0) is 9.53 Å². The molecule has 0 aromatic carbocycles. The third-order valence-electron chi connectivity index (χ3n) is 3.31. The standard InChI is InChI=1S/C13H25NO2/c1-3-5-10-16-13(15)11-14-9-7-6-8-12(14)4-2/h12H,3-11H2,1-2H3. The first-order valence-corrected chi connectivity index (χ1v) is 6.67. The van der Waals surface area contributed by atoms with Crippen molar-refractivity contribution in [2.45, 2.75) is 58.4 Å². The summed E-state index contributed by atoms with van der Waals surface area (Å²) >= 11 is 0. The maximum atomic E-state index is 11.6. The molecule has 94 valence electrons. The van der Waals surface area contributed by atoms with Crippen molar-refractivity contribution < 1.29 is 9.53 Å². The van der Waals surface area contributed by atoms with Gasteiger partial charge in [-0.25, -0.2) is 0 Å². The van der Waals surface area contributed by atoms with Gasteiger partial charge in [-0.05, 0) is 32.2 Å². The van der Waals surface area contributed by atoms with Crippen LogP contribution in [0.5, 0.6) is 0 Å². The average Bonchev–Trinajstić information content (AvgIpc) is 2.30. The van der Waals surface area contributed by atoms with Crippen LogP contribution in [0.1, 0.15) is 52.4 Å². The summed E-state index contributed by atoms with van der Waals surface area (Å²) in [6.07, 6.45) is 6.96. The summed E-state index contributed by atoms with van der Waals surface area (Å²) in [5, 5.41) is 0. The number of rotatable bonds is 6. The predicted octanol–water partition coefficient (Wildman–Crippen LogP) is 2.59. The van der Waals surface area contributed by atoms with E-state index in [9.17, 15) is 4.79 Å². The number of hydrogen-bond acceptors (Lipinski definition) is 3. The second-order valence-electron chi connectivity index (χ2n) is 4.60. The Morgan fingerprint density at radius 3 is 2.88 bits per heavy atom. The van der Waals surface area contributed by atoms with Crippen molar-refractivity contribution in [1.82, 2.24) is 4.90 Å². The Morgan fingerprint density at radius 2 is 2.19 bits per heavy atom. The topological polar surface area (TPSA) is 29.5 Å². The predicted molar refractivity (Wildman–Crippen MR) is 65.4 cm³/mol. The molecule has 0 aromatic heterocycles. The molecule has 1 fully saturated rings. The average molecular weight is 227 g/mol. The van der Waals surface area contributed by atoms with Crippen molar-refractivity contribution in [3.63, 3.8) is 0 Å². The van der Waals surface area contributed by atoms with E-state index in [1.807, 2.05) is 0 Å². The minimum atomic E-state index is -0.0474. The molecule has 0 saturated carbocycles. The van der Waals surface area contributed by atoms with Gasteiger partial charge in [0.25, 0.3) is 0 Å². The van der Waals surface area contributed by atoms with Crippen LogP contribution in [-0.4, -0.2) is 36.6 Å². The van der Waals surface area contributed by atoms with Gasteiger partial charge < -0.3 is 4.74 Å². The summed E-state index contributed by atoms with van der Waals surface area (Å²) < 4.78 is 5.20. The van der Waals surface area contributed by atoms with Crippen LogP contribution in [0.4, 0.5) is 0 Å². The number of ether oxygens (including phenoxy) is 1. The van der Waals surface area contributed by atoms with Crippen molar-refractivity contribution in [3.05, 3.63) is 0 Å². The molecule has 3 nitrogen and oxygen atoms in total. The SMILES string of the molecule is CCCCOC(=O)CN1CCCCC1CC. The molecule has 1 aliphatic heterocycles. The summed E-state index contributed by atoms with van der Waals surface area (Å²) in [5.74, 6) is -0.0474. The number of hydrogen-bond donors (Lipinski definition) is 0. The third-order valence-corrected chi connectivity index (χ3v) is 3.31. The highest BCUT2D eigenvalue weighted by Crippen LogP contribution is 2.18. The van der Waals surface area contributed by atoms with Crippen molar-refractivity contribution in [3.8, 4) is 0 Å². The molecule has 0 aliphatic carbocycles. The van der Waals surface area contributed by atoms with Crippen molar-refractivity contribution in [1.29, 1.82) is 0 Å². The summed E-state index contributed by atoms with van der Waals surface area (Å²) in [6.45, 7) is 6.43. The molecule has 0 spiro atoms. The molecule has 1 rings (SSSR count). The number of unbranched alkanes of at least 4 members (excludes halogenated alkanes) is 1. The summed E-state index contributed by atoms with van der Waals surface area (Å²) in [5.41, 5.74) is 0. The number of likely N-dealkylation sites (tertiary alicyclic amines) is 1. The second-order valence-corrected chi connectivity index (χ2v) is 4.60. The zero-order valence-electron chi connectivity index (χ0n) is 10.7. The summed E-state index contributed by atoms with van der Waals surface area (Å²) in [7, 11) is 0. The molecule has 1 atom stereocenters. The van der Waals surface area contributed by atoms with Gasteiger partial charge in [-0.3, -0.25) is 9.69 Å². The van der Waals surface area contributed by atoms with Crippen molar-refractivity contribution >= 4 is 5.97 Å². The fourth-order valence-corrected chi connectivity index (χ4v) is 2.27. The Balaban J connectivity index is 2.25. The van der Waals surface area contributed by atoms with Gasteiger partial charge in [0.2, 0.25) is 0 Å². The zero-order chi connectivity index (χ0) is 11.8. The molecular weight excluding hydrogens is 202 g/mol. The van der Waals surface area contributed by atoms with Crippen molar-refractivity contribution in [2.24, 2.45) is 0 Å². The Hall–Kier alpha value is -0.570. The fraction of sp³-hybridized carbons (Fsp3) is 0.923. The lowest BCUT2D eigenvalue weighted by molar-refractivity contribution is -0.146. The highest BCUT2D eigenvalue weighted by molar-refractivity contribution is 5.71. The first kappa shape index (κ1) is 13.5. The highest BCUT2D eigenvalue weighted by atomic mass is 16.5. The van der Waals surface area contributed by atoms with Crippen LogP contribution in [0.3, 0.4) is 0 Å². The molecule has 3 heteroatoms. The molecule has 0 radical (unpaired) electrons. The maximum Gasteiger partial charge on any atom is 0.320 e. The number of esters is 1. The van der Waals surface area contributed by atoms with E-state index in [2.05, 4.69) is 18.7 Å². The maximum absolute atomic E-state index is 11.6. The number of piperidine rings is 1. The molecule has 0 N–H and O–H groups in total. The lowest BCUT2D eigenvalue weighted by Crippen LogP contribution is -2.42. The summed E-state index contributed by atoms with van der Waals surface area (Å²) in [4.78, 5) is 13.9. The van der Waals surface area contributed by atoms with Gasteiger partial charge in [0.05, 0.1) is 13.2 Å². The normalized spacial score (nSPS) is 22.0. The van der Waals surface area contributed by atoms with Crippen LogP contribution in [0.25, 0.3) is 0 Å². The van der Waals surface area contributed by atoms with E-state index in [1.54, 1.807) is 0 Å².